The summed E-state index contributed by atoms with van der Waals surface area (Å²) in [7, 11) is 0. The summed E-state index contributed by atoms with van der Waals surface area (Å²) >= 11 is 0. The van der Waals surface area contributed by atoms with Crippen molar-refractivity contribution < 1.29 is 9.90 Å². The molecule has 1 aromatic heterocycles. The van der Waals surface area contributed by atoms with Crippen molar-refractivity contribution in [1.82, 2.24) is 10.3 Å². The van der Waals surface area contributed by atoms with Crippen molar-refractivity contribution in [3.63, 3.8) is 0 Å². The van der Waals surface area contributed by atoms with Gasteiger partial charge in [-0.3, -0.25) is 10.3 Å². The highest BCUT2D eigenvalue weighted by Crippen LogP contribution is 2.00. The normalized spacial score (nSPS) is 11.7. The summed E-state index contributed by atoms with van der Waals surface area (Å²) in [6.07, 6.45) is 6.52. The quantitative estimate of drug-likeness (QED) is 0.715. The highest BCUT2D eigenvalue weighted by molar-refractivity contribution is 5.87. The summed E-state index contributed by atoms with van der Waals surface area (Å²) in [6.45, 7) is 2.40. The molecule has 78 valence electrons. The smallest absolute Gasteiger partial charge is 0.337 e. The molecule has 0 bridgehead atoms. The van der Waals surface area contributed by atoms with E-state index in [1.807, 2.05) is 6.92 Å². The minimum atomic E-state index is -0.973. The highest BCUT2D eigenvalue weighted by atomic mass is 16.4. The summed E-state index contributed by atoms with van der Waals surface area (Å²) in [4.78, 5) is 14.5. The summed E-state index contributed by atoms with van der Waals surface area (Å²) in [5.74, 6) is 1.56. The summed E-state index contributed by atoms with van der Waals surface area (Å²) in [6, 6.07) is 3.16. The van der Waals surface area contributed by atoms with Gasteiger partial charge in [-0.1, -0.05) is 5.92 Å². The molecule has 0 radical (unpaired) electrons. The second-order valence-corrected chi connectivity index (χ2v) is 3.11. The summed E-state index contributed by atoms with van der Waals surface area (Å²) in [5.41, 5.74) is 0.950. The van der Waals surface area contributed by atoms with Gasteiger partial charge in [-0.25, -0.2) is 4.79 Å². The second kappa shape index (κ2) is 5.13. The number of hydrogen-bond donors (Lipinski definition) is 2. The second-order valence-electron chi connectivity index (χ2n) is 3.11. The number of terminal acetylenes is 1. The molecule has 4 nitrogen and oxygen atoms in total. The van der Waals surface area contributed by atoms with Crippen LogP contribution in [0.2, 0.25) is 0 Å². The zero-order valence-electron chi connectivity index (χ0n) is 8.40. The van der Waals surface area contributed by atoms with Gasteiger partial charge in [0.1, 0.15) is 0 Å². The SMILES string of the molecule is C#CC(C)NCc1ccc(C(=O)O)cn1. The van der Waals surface area contributed by atoms with Gasteiger partial charge in [-0.15, -0.1) is 6.42 Å². The molecule has 0 spiro atoms. The third-order valence-corrected chi connectivity index (χ3v) is 1.91. The average Bonchev–Trinajstić information content (AvgIpc) is 2.26. The highest BCUT2D eigenvalue weighted by Gasteiger charge is 2.03. The van der Waals surface area contributed by atoms with Crippen LogP contribution in [0.3, 0.4) is 0 Å². The van der Waals surface area contributed by atoms with Gasteiger partial charge < -0.3 is 5.11 Å². The fourth-order valence-electron chi connectivity index (χ4n) is 0.972. The first-order valence-corrected chi connectivity index (χ1v) is 4.51. The molecule has 1 unspecified atom stereocenters. The van der Waals surface area contributed by atoms with Gasteiger partial charge in [-0.05, 0) is 19.1 Å². The third-order valence-electron chi connectivity index (χ3n) is 1.91. The standard InChI is InChI=1S/C11H12N2O2/c1-3-8(2)12-7-10-5-4-9(6-13-10)11(14)15/h1,4-6,8,12H,7H2,2H3,(H,14,15). The Morgan fingerprint density at radius 2 is 2.47 bits per heavy atom. The first-order chi connectivity index (χ1) is 7.13. The molecule has 0 fully saturated rings. The summed E-state index contributed by atoms with van der Waals surface area (Å²) in [5, 5.41) is 11.7. The van der Waals surface area contributed by atoms with Crippen LogP contribution in [-0.4, -0.2) is 22.1 Å². The van der Waals surface area contributed by atoms with Gasteiger partial charge in [0.05, 0.1) is 17.3 Å². The van der Waals surface area contributed by atoms with E-state index >= 15 is 0 Å². The lowest BCUT2D eigenvalue weighted by atomic mass is 10.2. The first kappa shape index (κ1) is 11.2. The predicted molar refractivity (Wildman–Crippen MR) is 56.3 cm³/mol. The Balaban J connectivity index is 2.58. The van der Waals surface area contributed by atoms with E-state index in [9.17, 15) is 4.79 Å². The number of carboxylic acids is 1. The van der Waals surface area contributed by atoms with E-state index in [1.165, 1.54) is 12.3 Å². The molecular formula is C11H12N2O2. The number of aromatic carboxylic acids is 1. The lowest BCUT2D eigenvalue weighted by Crippen LogP contribution is -2.24. The molecule has 0 aromatic carbocycles. The number of rotatable bonds is 4. The van der Waals surface area contributed by atoms with Crippen molar-refractivity contribution in [1.29, 1.82) is 0 Å². The molecule has 0 saturated carbocycles. The number of nitrogens with one attached hydrogen (secondary N) is 1. The maximum atomic E-state index is 10.5. The van der Waals surface area contributed by atoms with Gasteiger partial charge in [0.25, 0.3) is 0 Å². The largest absolute Gasteiger partial charge is 0.478 e. The molecule has 0 amide bonds. The van der Waals surface area contributed by atoms with Gasteiger partial charge in [0.15, 0.2) is 0 Å². The maximum Gasteiger partial charge on any atom is 0.337 e. The summed E-state index contributed by atoms with van der Waals surface area (Å²) < 4.78 is 0. The first-order valence-electron chi connectivity index (χ1n) is 4.51. The maximum absolute atomic E-state index is 10.5. The van der Waals surface area contributed by atoms with E-state index in [0.29, 0.717) is 6.54 Å². The van der Waals surface area contributed by atoms with Gasteiger partial charge in [-0.2, -0.15) is 0 Å². The van der Waals surface area contributed by atoms with Gasteiger partial charge >= 0.3 is 5.97 Å². The molecule has 1 atom stereocenters. The van der Waals surface area contributed by atoms with Crippen LogP contribution in [-0.2, 0) is 6.54 Å². The molecule has 1 heterocycles. The van der Waals surface area contributed by atoms with Crippen molar-refractivity contribution in [2.75, 3.05) is 0 Å². The Kier molecular flexibility index (Phi) is 3.83. The van der Waals surface area contributed by atoms with Crippen molar-refractivity contribution in [2.24, 2.45) is 0 Å². The number of pyridine rings is 1. The average molecular weight is 204 g/mol. The lowest BCUT2D eigenvalue weighted by Gasteiger charge is -2.06. The van der Waals surface area contributed by atoms with Crippen LogP contribution >= 0.6 is 0 Å². The number of hydrogen-bond acceptors (Lipinski definition) is 3. The van der Waals surface area contributed by atoms with Crippen molar-refractivity contribution in [3.05, 3.63) is 29.6 Å². The zero-order chi connectivity index (χ0) is 11.3. The van der Waals surface area contributed by atoms with E-state index < -0.39 is 5.97 Å². The van der Waals surface area contributed by atoms with Crippen molar-refractivity contribution in [3.8, 4) is 12.3 Å². The number of aromatic nitrogens is 1. The number of nitrogens with zero attached hydrogens (tertiary/aromatic N) is 1. The van der Waals surface area contributed by atoms with E-state index in [1.54, 1.807) is 6.07 Å². The Labute approximate surface area is 88.3 Å². The van der Waals surface area contributed by atoms with Crippen LogP contribution in [0.5, 0.6) is 0 Å². The van der Waals surface area contributed by atoms with Crippen LogP contribution in [0.15, 0.2) is 18.3 Å². The Hall–Kier alpha value is -1.86. The zero-order valence-corrected chi connectivity index (χ0v) is 8.40. The molecule has 0 aliphatic rings. The van der Waals surface area contributed by atoms with Crippen LogP contribution in [0, 0.1) is 12.3 Å². The van der Waals surface area contributed by atoms with E-state index in [-0.39, 0.29) is 11.6 Å². The molecule has 15 heavy (non-hydrogen) atoms. The van der Waals surface area contributed by atoms with Crippen molar-refractivity contribution >= 4 is 5.97 Å². The van der Waals surface area contributed by atoms with Crippen molar-refractivity contribution in [2.45, 2.75) is 19.5 Å². The van der Waals surface area contributed by atoms with E-state index in [4.69, 9.17) is 11.5 Å². The van der Waals surface area contributed by atoms with Gasteiger partial charge in [0, 0.05) is 12.7 Å². The molecule has 1 rings (SSSR count). The fourth-order valence-corrected chi connectivity index (χ4v) is 0.972. The predicted octanol–water partition coefficient (Wildman–Crippen LogP) is 0.891. The monoisotopic (exact) mass is 204 g/mol. The van der Waals surface area contributed by atoms with E-state index in [0.717, 1.165) is 5.69 Å². The topological polar surface area (TPSA) is 62.2 Å². The Bertz CT molecular complexity index is 379. The molecule has 4 heteroatoms. The molecular weight excluding hydrogens is 192 g/mol. The van der Waals surface area contributed by atoms with E-state index in [2.05, 4.69) is 16.2 Å². The number of carbonyl (C=O) groups is 1. The molecule has 2 N–H and O–H groups in total. The lowest BCUT2D eigenvalue weighted by molar-refractivity contribution is 0.0696. The van der Waals surface area contributed by atoms with Crippen LogP contribution in [0.1, 0.15) is 23.0 Å². The Morgan fingerprint density at radius 3 is 2.93 bits per heavy atom. The van der Waals surface area contributed by atoms with Crippen LogP contribution in [0.25, 0.3) is 0 Å². The van der Waals surface area contributed by atoms with Crippen LogP contribution < -0.4 is 5.32 Å². The Morgan fingerprint density at radius 1 is 1.73 bits per heavy atom. The minimum absolute atomic E-state index is 0.0223. The third kappa shape index (κ3) is 3.41. The van der Waals surface area contributed by atoms with Crippen LogP contribution in [0.4, 0.5) is 0 Å². The molecule has 1 aromatic rings. The molecule has 0 saturated heterocycles. The fraction of sp³-hybridized carbons (Fsp3) is 0.273. The molecule has 0 aliphatic carbocycles. The van der Waals surface area contributed by atoms with Gasteiger partial charge in [0.2, 0.25) is 0 Å². The number of carboxylic acid groups (broad SMARTS) is 1. The molecule has 0 aliphatic heterocycles. The minimum Gasteiger partial charge on any atom is -0.478 e.